The summed E-state index contributed by atoms with van der Waals surface area (Å²) in [7, 11) is 0. The van der Waals surface area contributed by atoms with Crippen LogP contribution >= 0.6 is 0 Å². The summed E-state index contributed by atoms with van der Waals surface area (Å²) >= 11 is 0. The van der Waals surface area contributed by atoms with Crippen molar-refractivity contribution in [2.45, 2.75) is 32.7 Å². The van der Waals surface area contributed by atoms with Crippen LogP contribution in [0.1, 0.15) is 31.4 Å². The molecule has 3 N–H and O–H groups in total. The Balaban J connectivity index is 1.76. The fourth-order valence-corrected chi connectivity index (χ4v) is 2.42. The van der Waals surface area contributed by atoms with E-state index in [-0.39, 0.29) is 18.9 Å². The maximum Gasteiger partial charge on any atom is 0.325 e. The number of hydrogen-bond acceptors (Lipinski definition) is 4. The van der Waals surface area contributed by atoms with Gasteiger partial charge in [0.2, 0.25) is 5.91 Å². The van der Waals surface area contributed by atoms with E-state index in [4.69, 9.17) is 0 Å². The van der Waals surface area contributed by atoms with Crippen LogP contribution in [0.15, 0.2) is 30.3 Å². The van der Waals surface area contributed by atoms with Crippen LogP contribution in [0.3, 0.4) is 0 Å². The number of benzene rings is 1. The van der Waals surface area contributed by atoms with Crippen LogP contribution in [-0.2, 0) is 14.4 Å². The van der Waals surface area contributed by atoms with Gasteiger partial charge in [0, 0.05) is 19.0 Å². The summed E-state index contributed by atoms with van der Waals surface area (Å²) in [5.41, 5.74) is 5.47. The van der Waals surface area contributed by atoms with Crippen molar-refractivity contribution in [3.63, 3.8) is 0 Å². The van der Waals surface area contributed by atoms with Gasteiger partial charge in [0.05, 0.1) is 0 Å². The van der Waals surface area contributed by atoms with Gasteiger partial charge >= 0.3 is 6.03 Å². The Labute approximate surface area is 151 Å². The summed E-state index contributed by atoms with van der Waals surface area (Å²) in [5, 5.41) is 2.53. The molecule has 138 valence electrons. The fraction of sp³-hybridized carbons (Fsp3) is 0.333. The lowest BCUT2D eigenvalue weighted by Crippen LogP contribution is -2.43. The zero-order valence-corrected chi connectivity index (χ0v) is 15.0. The number of nitrogens with one attached hydrogen (secondary N) is 3. The lowest BCUT2D eigenvalue weighted by molar-refractivity contribution is -0.131. The molecule has 0 bridgehead atoms. The molecule has 1 aliphatic rings. The molecule has 0 aliphatic carbocycles. The maximum absolute atomic E-state index is 12.0. The van der Waals surface area contributed by atoms with Gasteiger partial charge in [-0.25, -0.2) is 4.79 Å². The predicted molar refractivity (Wildman–Crippen MR) is 95.4 cm³/mol. The second-order valence-electron chi connectivity index (χ2n) is 6.55. The molecule has 8 nitrogen and oxygen atoms in total. The third kappa shape index (κ3) is 4.92. The van der Waals surface area contributed by atoms with Crippen LogP contribution in [-0.4, -0.2) is 40.7 Å². The van der Waals surface area contributed by atoms with E-state index in [1.54, 1.807) is 19.9 Å². The largest absolute Gasteiger partial charge is 0.325 e. The summed E-state index contributed by atoms with van der Waals surface area (Å²) < 4.78 is 0. The van der Waals surface area contributed by atoms with Gasteiger partial charge in [-0.3, -0.25) is 30.1 Å². The van der Waals surface area contributed by atoms with Crippen molar-refractivity contribution in [1.82, 2.24) is 21.1 Å². The molecule has 1 aromatic rings. The topological polar surface area (TPSA) is 108 Å². The minimum atomic E-state index is -0.970. The van der Waals surface area contributed by atoms with Crippen LogP contribution in [0.4, 0.5) is 4.79 Å². The Hall–Kier alpha value is -3.16. The zero-order chi connectivity index (χ0) is 19.3. The van der Waals surface area contributed by atoms with E-state index in [0.29, 0.717) is 0 Å². The van der Waals surface area contributed by atoms with Crippen molar-refractivity contribution in [2.24, 2.45) is 0 Å². The van der Waals surface area contributed by atoms with Gasteiger partial charge in [0.1, 0.15) is 5.54 Å². The monoisotopic (exact) mass is 358 g/mol. The third-order valence-corrected chi connectivity index (χ3v) is 3.80. The van der Waals surface area contributed by atoms with Gasteiger partial charge in [-0.15, -0.1) is 0 Å². The first kappa shape index (κ1) is 19.2. The van der Waals surface area contributed by atoms with Crippen LogP contribution in [0.25, 0.3) is 6.08 Å². The van der Waals surface area contributed by atoms with Gasteiger partial charge in [0.25, 0.3) is 11.8 Å². The van der Waals surface area contributed by atoms with Crippen LogP contribution in [0.5, 0.6) is 0 Å². The Kier molecular flexibility index (Phi) is 5.76. The van der Waals surface area contributed by atoms with Crippen molar-refractivity contribution in [2.75, 3.05) is 6.54 Å². The molecule has 0 atom stereocenters. The number of rotatable bonds is 5. The van der Waals surface area contributed by atoms with E-state index in [0.717, 1.165) is 16.0 Å². The van der Waals surface area contributed by atoms with E-state index in [2.05, 4.69) is 16.2 Å². The highest BCUT2D eigenvalue weighted by molar-refractivity contribution is 6.06. The number of carbonyl (C=O) groups excluding carboxylic acids is 4. The molecular weight excluding hydrogens is 336 g/mol. The van der Waals surface area contributed by atoms with Gasteiger partial charge in [-0.1, -0.05) is 29.8 Å². The second-order valence-corrected chi connectivity index (χ2v) is 6.55. The number of urea groups is 1. The summed E-state index contributed by atoms with van der Waals surface area (Å²) in [4.78, 5) is 48.2. The van der Waals surface area contributed by atoms with Crippen LogP contribution in [0.2, 0.25) is 0 Å². The standard InChI is InChI=1S/C18H22N4O4/c1-12-5-4-6-13(11-12)7-8-14(23)20-21-15(24)9-10-22-16(25)18(2,3)19-17(22)26/h4-8,11H,9-10H2,1-3H3,(H,19,26)(H,20,23)(H,21,24)/b8-7+. The average molecular weight is 358 g/mol. The zero-order valence-electron chi connectivity index (χ0n) is 15.0. The van der Waals surface area contributed by atoms with Crippen molar-refractivity contribution in [3.8, 4) is 0 Å². The summed E-state index contributed by atoms with van der Waals surface area (Å²) in [6, 6.07) is 7.07. The van der Waals surface area contributed by atoms with E-state index in [1.165, 1.54) is 6.08 Å². The van der Waals surface area contributed by atoms with Gasteiger partial charge in [-0.05, 0) is 32.4 Å². The molecule has 8 heteroatoms. The molecule has 0 unspecified atom stereocenters. The van der Waals surface area contributed by atoms with Gasteiger partial charge < -0.3 is 5.32 Å². The van der Waals surface area contributed by atoms with E-state index < -0.39 is 23.4 Å². The molecule has 1 aliphatic heterocycles. The lowest BCUT2D eigenvalue weighted by atomic mass is 10.1. The molecule has 0 radical (unpaired) electrons. The van der Waals surface area contributed by atoms with E-state index in [1.807, 2.05) is 31.2 Å². The Morgan fingerprint density at radius 3 is 2.58 bits per heavy atom. The molecule has 0 spiro atoms. The lowest BCUT2D eigenvalue weighted by Gasteiger charge is -2.15. The molecule has 1 heterocycles. The molecule has 1 aromatic carbocycles. The number of nitrogens with zero attached hydrogens (tertiary/aromatic N) is 1. The van der Waals surface area contributed by atoms with Crippen molar-refractivity contribution in [1.29, 1.82) is 0 Å². The highest BCUT2D eigenvalue weighted by Gasteiger charge is 2.43. The minimum Gasteiger partial charge on any atom is -0.324 e. The van der Waals surface area contributed by atoms with E-state index in [9.17, 15) is 19.2 Å². The number of hydrazine groups is 1. The number of hydrogen-bond donors (Lipinski definition) is 3. The molecular formula is C18H22N4O4. The molecule has 1 saturated heterocycles. The Morgan fingerprint density at radius 1 is 1.23 bits per heavy atom. The highest BCUT2D eigenvalue weighted by Crippen LogP contribution is 2.16. The number of aryl methyl sites for hydroxylation is 1. The van der Waals surface area contributed by atoms with Gasteiger partial charge in [0.15, 0.2) is 0 Å². The highest BCUT2D eigenvalue weighted by atomic mass is 16.2. The SMILES string of the molecule is Cc1cccc(/C=C/C(=O)NNC(=O)CCN2C(=O)NC(C)(C)C2=O)c1. The fourth-order valence-electron chi connectivity index (χ4n) is 2.42. The number of imide groups is 1. The Morgan fingerprint density at radius 2 is 1.96 bits per heavy atom. The molecule has 1 fully saturated rings. The smallest absolute Gasteiger partial charge is 0.324 e. The van der Waals surface area contributed by atoms with Crippen LogP contribution < -0.4 is 16.2 Å². The molecule has 5 amide bonds. The quantitative estimate of drug-likeness (QED) is 0.412. The van der Waals surface area contributed by atoms with Gasteiger partial charge in [-0.2, -0.15) is 0 Å². The minimum absolute atomic E-state index is 0.0606. The van der Waals surface area contributed by atoms with Crippen molar-refractivity contribution in [3.05, 3.63) is 41.5 Å². The average Bonchev–Trinajstić information content (AvgIpc) is 2.77. The first-order valence-corrected chi connectivity index (χ1v) is 8.17. The molecule has 2 rings (SSSR count). The van der Waals surface area contributed by atoms with Crippen molar-refractivity contribution < 1.29 is 19.2 Å². The first-order valence-electron chi connectivity index (χ1n) is 8.17. The van der Waals surface area contributed by atoms with Crippen molar-refractivity contribution >= 4 is 29.8 Å². The normalized spacial score (nSPS) is 15.9. The number of amides is 5. The summed E-state index contributed by atoms with van der Waals surface area (Å²) in [5.74, 6) is -1.39. The third-order valence-electron chi connectivity index (χ3n) is 3.80. The maximum atomic E-state index is 12.0. The second kappa shape index (κ2) is 7.81. The molecule has 0 saturated carbocycles. The summed E-state index contributed by atoms with van der Waals surface area (Å²) in [6.45, 7) is 5.07. The molecule has 0 aromatic heterocycles. The number of carbonyl (C=O) groups is 4. The van der Waals surface area contributed by atoms with E-state index >= 15 is 0 Å². The summed E-state index contributed by atoms with van der Waals surface area (Å²) in [6.07, 6.45) is 2.82. The molecule has 26 heavy (non-hydrogen) atoms. The van der Waals surface area contributed by atoms with Crippen LogP contribution in [0, 0.1) is 6.92 Å². The predicted octanol–water partition coefficient (Wildman–Crippen LogP) is 0.876. The Bertz CT molecular complexity index is 770. The first-order chi connectivity index (χ1) is 12.2.